The SMILES string of the molecule is CCCCCCCCCCCCCCCCCCCC/C=C/CCCC(=O)O[C@H](COC(=O)CCCCCCCCCCCCCC)COP(=O)([O-])OCC[N+](C)(C)C. The van der Waals surface area contributed by atoms with Gasteiger partial charge >= 0.3 is 11.9 Å². The highest BCUT2D eigenvalue weighted by Crippen LogP contribution is 2.38. The van der Waals surface area contributed by atoms with E-state index in [9.17, 15) is 19.0 Å². The van der Waals surface area contributed by atoms with Gasteiger partial charge in [0.2, 0.25) is 0 Å². The molecule has 9 nitrogen and oxygen atoms in total. The first-order valence-corrected chi connectivity index (χ1v) is 26.4. The van der Waals surface area contributed by atoms with E-state index in [1.807, 2.05) is 21.1 Å². The number of carbonyl (C=O) groups excluding carboxylic acids is 2. The number of quaternary nitrogens is 1. The normalized spacial score (nSPS) is 13.5. The lowest BCUT2D eigenvalue weighted by Crippen LogP contribution is -2.37. The Balaban J connectivity index is 4.21. The third-order valence-corrected chi connectivity index (χ3v) is 12.0. The van der Waals surface area contributed by atoms with Crippen LogP contribution in [0.5, 0.6) is 0 Å². The second-order valence-corrected chi connectivity index (χ2v) is 19.6. The van der Waals surface area contributed by atoms with E-state index in [1.165, 1.54) is 173 Å². The zero-order chi connectivity index (χ0) is 43.6. The number of unbranched alkanes of at least 4 members (excludes halogenated alkanes) is 30. The molecule has 0 spiro atoms. The summed E-state index contributed by atoms with van der Waals surface area (Å²) in [5.41, 5.74) is 0. The van der Waals surface area contributed by atoms with Crippen LogP contribution in [0.25, 0.3) is 0 Å². The highest BCUT2D eigenvalue weighted by atomic mass is 31.2. The number of rotatable bonds is 46. The zero-order valence-corrected chi connectivity index (χ0v) is 40.4. The van der Waals surface area contributed by atoms with Gasteiger partial charge in [-0.25, -0.2) is 0 Å². The molecule has 0 heterocycles. The number of ether oxygens (including phenoxy) is 2. The highest BCUT2D eigenvalue weighted by molar-refractivity contribution is 7.45. The Morgan fingerprint density at radius 2 is 0.881 bits per heavy atom. The molecule has 0 saturated carbocycles. The van der Waals surface area contributed by atoms with Crippen LogP contribution in [-0.4, -0.2) is 70.0 Å². The summed E-state index contributed by atoms with van der Waals surface area (Å²) in [4.78, 5) is 37.6. The molecule has 0 aromatic carbocycles. The number of phosphoric ester groups is 1. The second kappa shape index (κ2) is 42.1. The van der Waals surface area contributed by atoms with Gasteiger partial charge in [-0.3, -0.25) is 14.2 Å². The molecule has 0 saturated heterocycles. The number of carbonyl (C=O) groups is 2. The lowest BCUT2D eigenvalue weighted by molar-refractivity contribution is -0.870. The Morgan fingerprint density at radius 1 is 0.508 bits per heavy atom. The lowest BCUT2D eigenvalue weighted by Gasteiger charge is -2.28. The van der Waals surface area contributed by atoms with Crippen LogP contribution in [0.2, 0.25) is 0 Å². The standard InChI is InChI=1S/C49H96NO8P/c1-6-8-10-12-14-16-18-20-21-22-23-24-25-26-27-28-29-30-32-34-36-38-40-42-49(52)58-47(46-57-59(53,54)56-44-43-50(3,4)5)45-55-48(51)41-39-37-35-33-31-19-17-15-13-11-9-7-2/h34,36,47H,6-33,35,37-46H2,1-5H3/b36-34+/t47-/m1/s1. The van der Waals surface area contributed by atoms with Gasteiger partial charge in [0.1, 0.15) is 19.8 Å². The van der Waals surface area contributed by atoms with Crippen LogP contribution >= 0.6 is 7.82 Å². The van der Waals surface area contributed by atoms with Crippen molar-refractivity contribution >= 4 is 19.8 Å². The molecule has 0 aliphatic carbocycles. The Hall–Kier alpha value is -1.25. The van der Waals surface area contributed by atoms with Crippen LogP contribution in [0, 0.1) is 0 Å². The Labute approximate surface area is 365 Å². The van der Waals surface area contributed by atoms with Crippen molar-refractivity contribution in [1.82, 2.24) is 0 Å². The van der Waals surface area contributed by atoms with Crippen LogP contribution in [0.4, 0.5) is 0 Å². The van der Waals surface area contributed by atoms with Crippen molar-refractivity contribution < 1.29 is 42.1 Å². The molecule has 0 fully saturated rings. The van der Waals surface area contributed by atoms with Gasteiger partial charge in [0, 0.05) is 12.8 Å². The first kappa shape index (κ1) is 57.8. The fourth-order valence-electron chi connectivity index (χ4n) is 7.13. The van der Waals surface area contributed by atoms with Crippen LogP contribution in [0.1, 0.15) is 239 Å². The lowest BCUT2D eigenvalue weighted by atomic mass is 10.0. The van der Waals surface area contributed by atoms with Crippen LogP contribution in [0.3, 0.4) is 0 Å². The van der Waals surface area contributed by atoms with Crippen molar-refractivity contribution in [2.45, 2.75) is 245 Å². The van der Waals surface area contributed by atoms with Crippen LogP contribution in [-0.2, 0) is 32.7 Å². The minimum Gasteiger partial charge on any atom is -0.756 e. The summed E-state index contributed by atoms with van der Waals surface area (Å²) in [5.74, 6) is -0.859. The summed E-state index contributed by atoms with van der Waals surface area (Å²) in [7, 11) is 1.16. The predicted molar refractivity (Wildman–Crippen MR) is 245 cm³/mol. The van der Waals surface area contributed by atoms with Crippen molar-refractivity contribution in [2.75, 3.05) is 47.5 Å². The summed E-state index contributed by atoms with van der Waals surface area (Å²) < 4.78 is 33.9. The van der Waals surface area contributed by atoms with Gasteiger partial charge in [-0.1, -0.05) is 206 Å². The third kappa shape index (κ3) is 46.1. The second-order valence-electron chi connectivity index (χ2n) is 18.2. The molecule has 0 N–H and O–H groups in total. The Kier molecular flexibility index (Phi) is 41.2. The monoisotopic (exact) mass is 858 g/mol. The van der Waals surface area contributed by atoms with Gasteiger partial charge in [-0.2, -0.15) is 0 Å². The van der Waals surface area contributed by atoms with Gasteiger partial charge in [0.15, 0.2) is 6.10 Å². The topological polar surface area (TPSA) is 111 Å². The molecule has 59 heavy (non-hydrogen) atoms. The average Bonchev–Trinajstić information content (AvgIpc) is 3.19. The molecule has 0 radical (unpaired) electrons. The maximum absolute atomic E-state index is 12.7. The van der Waals surface area contributed by atoms with Crippen LogP contribution < -0.4 is 4.89 Å². The number of hydrogen-bond acceptors (Lipinski definition) is 8. The Bertz CT molecular complexity index is 1020. The summed E-state index contributed by atoms with van der Waals surface area (Å²) in [6, 6.07) is 0. The molecular formula is C49H96NO8P. The van der Waals surface area contributed by atoms with Crippen molar-refractivity contribution in [3.05, 3.63) is 12.2 Å². The first-order valence-electron chi connectivity index (χ1n) is 24.9. The van der Waals surface area contributed by atoms with E-state index in [4.69, 9.17) is 18.5 Å². The number of phosphoric acid groups is 1. The smallest absolute Gasteiger partial charge is 0.306 e. The number of nitrogens with zero attached hydrogens (tertiary/aromatic N) is 1. The third-order valence-electron chi connectivity index (χ3n) is 11.0. The Morgan fingerprint density at radius 3 is 1.31 bits per heavy atom. The number of likely N-dealkylation sites (N-methyl/N-ethyl adjacent to an activating group) is 1. The maximum atomic E-state index is 12.7. The predicted octanol–water partition coefficient (Wildman–Crippen LogP) is 13.9. The molecule has 0 aliphatic rings. The summed E-state index contributed by atoms with van der Waals surface area (Å²) in [5, 5.41) is 0. The molecule has 0 aromatic rings. The van der Waals surface area contributed by atoms with Gasteiger partial charge in [-0.05, 0) is 32.1 Å². The highest BCUT2D eigenvalue weighted by Gasteiger charge is 2.21. The molecular weight excluding hydrogens is 762 g/mol. The molecule has 0 amide bonds. The minimum atomic E-state index is -4.63. The largest absolute Gasteiger partial charge is 0.756 e. The zero-order valence-electron chi connectivity index (χ0n) is 39.5. The fraction of sp³-hybridized carbons (Fsp3) is 0.918. The fourth-order valence-corrected chi connectivity index (χ4v) is 7.86. The van der Waals surface area contributed by atoms with Crippen molar-refractivity contribution in [1.29, 1.82) is 0 Å². The molecule has 0 bridgehead atoms. The van der Waals surface area contributed by atoms with Crippen molar-refractivity contribution in [3.8, 4) is 0 Å². The summed E-state index contributed by atoms with van der Waals surface area (Å²) in [6.45, 7) is 4.23. The molecule has 0 aromatic heterocycles. The number of esters is 2. The average molecular weight is 858 g/mol. The van der Waals surface area contributed by atoms with Gasteiger partial charge in [0.25, 0.3) is 7.82 Å². The van der Waals surface area contributed by atoms with E-state index >= 15 is 0 Å². The molecule has 0 rings (SSSR count). The van der Waals surface area contributed by atoms with Crippen LogP contribution in [0.15, 0.2) is 12.2 Å². The van der Waals surface area contributed by atoms with E-state index < -0.39 is 26.5 Å². The van der Waals surface area contributed by atoms with E-state index in [2.05, 4.69) is 26.0 Å². The molecule has 2 atom stereocenters. The van der Waals surface area contributed by atoms with E-state index in [0.29, 0.717) is 17.4 Å². The number of allylic oxidation sites excluding steroid dienone is 2. The van der Waals surface area contributed by atoms with Gasteiger partial charge in [-0.15, -0.1) is 0 Å². The summed E-state index contributed by atoms with van der Waals surface area (Å²) >= 11 is 0. The molecule has 1 unspecified atom stereocenters. The quantitative estimate of drug-likeness (QED) is 0.0196. The van der Waals surface area contributed by atoms with E-state index in [1.54, 1.807) is 0 Å². The van der Waals surface area contributed by atoms with Crippen molar-refractivity contribution in [3.63, 3.8) is 0 Å². The molecule has 350 valence electrons. The van der Waals surface area contributed by atoms with E-state index in [-0.39, 0.29) is 32.0 Å². The van der Waals surface area contributed by atoms with Gasteiger partial charge < -0.3 is 27.9 Å². The molecule has 0 aliphatic heterocycles. The number of hydrogen-bond donors (Lipinski definition) is 0. The maximum Gasteiger partial charge on any atom is 0.306 e. The summed E-state index contributed by atoms with van der Waals surface area (Å²) in [6.07, 6.45) is 45.4. The first-order chi connectivity index (χ1) is 28.5. The van der Waals surface area contributed by atoms with Crippen molar-refractivity contribution in [2.24, 2.45) is 0 Å². The van der Waals surface area contributed by atoms with E-state index in [0.717, 1.165) is 32.1 Å². The molecule has 10 heteroatoms. The van der Waals surface area contributed by atoms with Gasteiger partial charge in [0.05, 0.1) is 27.7 Å². The minimum absolute atomic E-state index is 0.0319.